The number of aryl methyl sites for hydroxylation is 1. The van der Waals surface area contributed by atoms with Gasteiger partial charge in [0, 0.05) is 10.5 Å². The van der Waals surface area contributed by atoms with Crippen LogP contribution >= 0.6 is 11.8 Å². The molecule has 0 bridgehead atoms. The second-order valence-electron chi connectivity index (χ2n) is 4.65. The fraction of sp³-hybridized carbons (Fsp3) is 0.0625. The Bertz CT molecular complexity index is 877. The number of carbonyl (C=O) groups excluding carboxylic acids is 1. The Hall–Kier alpha value is -2.58. The highest BCUT2D eigenvalue weighted by Gasteiger charge is 2.09. The summed E-state index contributed by atoms with van der Waals surface area (Å²) in [5, 5.41) is 9.91. The Morgan fingerprint density at radius 1 is 1.29 bits per heavy atom. The smallest absolute Gasteiger partial charge is 0.171 e. The van der Waals surface area contributed by atoms with E-state index in [2.05, 4.69) is 16.0 Å². The Morgan fingerprint density at radius 2 is 2.14 bits per heavy atom. The van der Waals surface area contributed by atoms with Gasteiger partial charge in [0.1, 0.15) is 12.4 Å². The predicted octanol–water partition coefficient (Wildman–Crippen LogP) is 3.71. The van der Waals surface area contributed by atoms with Crippen LogP contribution in [0.5, 0.6) is 0 Å². The van der Waals surface area contributed by atoms with E-state index in [4.69, 9.17) is 0 Å². The Labute approximate surface area is 125 Å². The summed E-state index contributed by atoms with van der Waals surface area (Å²) in [7, 11) is 0. The molecule has 1 aromatic heterocycles. The summed E-state index contributed by atoms with van der Waals surface area (Å²) in [6, 6.07) is 13.2. The monoisotopic (exact) mass is 293 g/mol. The molecule has 0 saturated carbocycles. The van der Waals surface area contributed by atoms with Gasteiger partial charge in [0.2, 0.25) is 0 Å². The number of H-pyrrole nitrogens is 1. The minimum Gasteiger partial charge on any atom is -0.333 e. The van der Waals surface area contributed by atoms with Crippen molar-refractivity contribution in [3.63, 3.8) is 0 Å². The summed E-state index contributed by atoms with van der Waals surface area (Å²) >= 11 is 1.38. The lowest BCUT2D eigenvalue weighted by atomic mass is 10.1. The van der Waals surface area contributed by atoms with Crippen molar-refractivity contribution < 1.29 is 4.79 Å². The molecule has 0 aliphatic carbocycles. The number of aldehydes is 1. The van der Waals surface area contributed by atoms with Gasteiger partial charge in [-0.3, -0.25) is 4.79 Å². The van der Waals surface area contributed by atoms with Crippen LogP contribution in [0.1, 0.15) is 21.5 Å². The Kier molecular flexibility index (Phi) is 3.46. The fourth-order valence-electron chi connectivity index (χ4n) is 2.05. The molecule has 0 spiro atoms. The lowest BCUT2D eigenvalue weighted by Crippen LogP contribution is -1.86. The minimum atomic E-state index is 0.473. The Balaban J connectivity index is 1.98. The van der Waals surface area contributed by atoms with Crippen molar-refractivity contribution in [1.82, 2.24) is 9.97 Å². The Morgan fingerprint density at radius 3 is 2.90 bits per heavy atom. The number of hydrogen-bond donors (Lipinski definition) is 1. The number of nitriles is 1. The first-order valence-electron chi connectivity index (χ1n) is 6.33. The first kappa shape index (κ1) is 13.4. The third kappa shape index (κ3) is 2.67. The molecule has 2 aromatic carbocycles. The van der Waals surface area contributed by atoms with Gasteiger partial charge in [-0.25, -0.2) is 4.98 Å². The number of imidazole rings is 1. The molecule has 1 N–H and O–H groups in total. The van der Waals surface area contributed by atoms with Crippen molar-refractivity contribution in [1.29, 1.82) is 5.26 Å². The second kappa shape index (κ2) is 5.43. The van der Waals surface area contributed by atoms with Crippen molar-refractivity contribution in [2.24, 2.45) is 0 Å². The van der Waals surface area contributed by atoms with E-state index in [9.17, 15) is 10.1 Å². The highest BCUT2D eigenvalue weighted by Crippen LogP contribution is 2.30. The number of rotatable bonds is 3. The highest BCUT2D eigenvalue weighted by atomic mass is 32.2. The van der Waals surface area contributed by atoms with Gasteiger partial charge in [0.25, 0.3) is 0 Å². The zero-order valence-electron chi connectivity index (χ0n) is 11.3. The summed E-state index contributed by atoms with van der Waals surface area (Å²) in [4.78, 5) is 19.3. The van der Waals surface area contributed by atoms with Crippen molar-refractivity contribution in [3.05, 3.63) is 53.1 Å². The molecule has 0 aliphatic rings. The molecule has 0 atom stereocenters. The van der Waals surface area contributed by atoms with E-state index in [1.165, 1.54) is 11.8 Å². The van der Waals surface area contributed by atoms with Gasteiger partial charge < -0.3 is 4.98 Å². The number of benzene rings is 2. The highest BCUT2D eigenvalue weighted by molar-refractivity contribution is 7.99. The van der Waals surface area contributed by atoms with Gasteiger partial charge in [0.15, 0.2) is 5.16 Å². The molecule has 0 aliphatic heterocycles. The van der Waals surface area contributed by atoms with Crippen molar-refractivity contribution >= 4 is 29.1 Å². The molecule has 102 valence electrons. The van der Waals surface area contributed by atoms with Gasteiger partial charge in [-0.15, -0.1) is 0 Å². The van der Waals surface area contributed by atoms with E-state index in [-0.39, 0.29) is 0 Å². The van der Waals surface area contributed by atoms with E-state index in [1.807, 2.05) is 25.1 Å². The summed E-state index contributed by atoms with van der Waals surface area (Å²) in [5.74, 6) is 0. The number of nitrogens with zero attached hydrogens (tertiary/aromatic N) is 2. The average Bonchev–Trinajstić information content (AvgIpc) is 2.89. The molecule has 3 aromatic rings. The van der Waals surface area contributed by atoms with E-state index in [0.717, 1.165) is 32.9 Å². The second-order valence-corrected chi connectivity index (χ2v) is 5.68. The quantitative estimate of drug-likeness (QED) is 0.747. The third-order valence-electron chi connectivity index (χ3n) is 3.08. The van der Waals surface area contributed by atoms with Gasteiger partial charge in [-0.05, 0) is 36.8 Å². The van der Waals surface area contributed by atoms with Gasteiger partial charge in [0.05, 0.1) is 16.6 Å². The summed E-state index contributed by atoms with van der Waals surface area (Å²) in [6.07, 6.45) is 0.735. The van der Waals surface area contributed by atoms with Crippen molar-refractivity contribution in [2.45, 2.75) is 17.0 Å². The normalized spacial score (nSPS) is 10.5. The van der Waals surface area contributed by atoms with Crippen molar-refractivity contribution in [3.8, 4) is 6.07 Å². The number of hydrogen-bond acceptors (Lipinski definition) is 4. The largest absolute Gasteiger partial charge is 0.333 e. The van der Waals surface area contributed by atoms with E-state index in [0.29, 0.717) is 11.1 Å². The molecule has 0 amide bonds. The molecular formula is C16H11N3OS. The van der Waals surface area contributed by atoms with Crippen LogP contribution in [0.2, 0.25) is 0 Å². The number of aromatic amines is 1. The molecule has 3 rings (SSSR count). The van der Waals surface area contributed by atoms with Crippen LogP contribution in [-0.4, -0.2) is 16.3 Å². The van der Waals surface area contributed by atoms with Crippen LogP contribution < -0.4 is 0 Å². The van der Waals surface area contributed by atoms with Crippen molar-refractivity contribution in [2.75, 3.05) is 0 Å². The standard InChI is InChI=1S/C16H11N3OS/c1-10-2-4-13-14(6-10)19-16(18-13)21-15-5-3-11(9-20)7-12(15)8-17/h2-7,9H,1H3,(H,18,19). The lowest BCUT2D eigenvalue weighted by molar-refractivity contribution is 0.112. The average molecular weight is 293 g/mol. The molecule has 4 nitrogen and oxygen atoms in total. The molecule has 0 unspecified atom stereocenters. The van der Waals surface area contributed by atoms with E-state index < -0.39 is 0 Å². The predicted molar refractivity (Wildman–Crippen MR) is 81.5 cm³/mol. The topological polar surface area (TPSA) is 69.5 Å². The minimum absolute atomic E-state index is 0.473. The first-order valence-corrected chi connectivity index (χ1v) is 7.15. The van der Waals surface area contributed by atoms with Crippen LogP contribution in [0.4, 0.5) is 0 Å². The summed E-state index contributed by atoms with van der Waals surface area (Å²) < 4.78 is 0. The van der Waals surface area contributed by atoms with Crippen LogP contribution in [0.25, 0.3) is 11.0 Å². The van der Waals surface area contributed by atoms with E-state index >= 15 is 0 Å². The molecule has 5 heteroatoms. The van der Waals surface area contributed by atoms with Crippen LogP contribution in [0, 0.1) is 18.3 Å². The van der Waals surface area contributed by atoms with E-state index in [1.54, 1.807) is 18.2 Å². The first-order chi connectivity index (χ1) is 10.2. The van der Waals surface area contributed by atoms with Gasteiger partial charge in [-0.2, -0.15) is 5.26 Å². The van der Waals surface area contributed by atoms with Crippen LogP contribution in [0.15, 0.2) is 46.5 Å². The van der Waals surface area contributed by atoms with Crippen LogP contribution in [0.3, 0.4) is 0 Å². The summed E-state index contributed by atoms with van der Waals surface area (Å²) in [5.41, 5.74) is 4.00. The lowest BCUT2D eigenvalue weighted by Gasteiger charge is -2.01. The maximum atomic E-state index is 10.8. The molecule has 21 heavy (non-hydrogen) atoms. The SMILES string of the molecule is Cc1ccc2nc(Sc3ccc(C=O)cc3C#N)[nH]c2c1. The van der Waals surface area contributed by atoms with Crippen LogP contribution in [-0.2, 0) is 0 Å². The summed E-state index contributed by atoms with van der Waals surface area (Å²) in [6.45, 7) is 2.03. The molecule has 0 fully saturated rings. The maximum absolute atomic E-state index is 10.8. The van der Waals surface area contributed by atoms with Gasteiger partial charge >= 0.3 is 0 Å². The fourth-order valence-corrected chi connectivity index (χ4v) is 2.91. The number of nitrogens with one attached hydrogen (secondary N) is 1. The molecule has 0 saturated heterocycles. The maximum Gasteiger partial charge on any atom is 0.171 e. The third-order valence-corrected chi connectivity index (χ3v) is 4.05. The number of carbonyl (C=O) groups is 1. The molecular weight excluding hydrogens is 282 g/mol. The molecule has 0 radical (unpaired) electrons. The zero-order chi connectivity index (χ0) is 14.8. The molecule has 1 heterocycles. The van der Waals surface area contributed by atoms with Gasteiger partial charge in [-0.1, -0.05) is 23.9 Å². The zero-order valence-corrected chi connectivity index (χ0v) is 12.1. The number of fused-ring (bicyclic) bond motifs is 1. The number of aromatic nitrogens is 2.